The van der Waals surface area contributed by atoms with Crippen molar-refractivity contribution >= 4 is 46.8 Å². The third kappa shape index (κ3) is 8.86. The van der Waals surface area contributed by atoms with E-state index < -0.39 is 17.9 Å². The van der Waals surface area contributed by atoms with Crippen molar-refractivity contribution in [2.75, 3.05) is 26.2 Å². The number of piperazine rings is 1. The van der Waals surface area contributed by atoms with Crippen molar-refractivity contribution in [1.29, 1.82) is 0 Å². The zero-order valence-corrected chi connectivity index (χ0v) is 27.2. The van der Waals surface area contributed by atoms with Crippen molar-refractivity contribution in [2.24, 2.45) is 5.73 Å². The van der Waals surface area contributed by atoms with Crippen molar-refractivity contribution in [3.8, 4) is 0 Å². The number of nitrogens with two attached hydrogens (primary N) is 1. The SMILES string of the molecule is CCC(C)N(CC(N)=O)C(=O)CC1C(=O)N(CCc2ccc(Cl)cc2Cl)CC(=O)N1CCC(c1ccccc1)c1ccccc1. The van der Waals surface area contributed by atoms with Gasteiger partial charge in [-0.1, -0.05) is 96.9 Å². The summed E-state index contributed by atoms with van der Waals surface area (Å²) in [5, 5.41) is 0.989. The smallest absolute Gasteiger partial charge is 0.246 e. The van der Waals surface area contributed by atoms with Gasteiger partial charge in [0.1, 0.15) is 6.04 Å². The monoisotopic (exact) mass is 650 g/mol. The maximum atomic E-state index is 14.1. The van der Waals surface area contributed by atoms with Crippen LogP contribution in [0.2, 0.25) is 10.0 Å². The third-order valence-electron chi connectivity index (χ3n) is 8.49. The molecule has 238 valence electrons. The van der Waals surface area contributed by atoms with E-state index in [0.717, 1.165) is 16.7 Å². The first-order valence-corrected chi connectivity index (χ1v) is 16.0. The van der Waals surface area contributed by atoms with Gasteiger partial charge in [0.05, 0.1) is 19.5 Å². The van der Waals surface area contributed by atoms with Crippen LogP contribution in [0.1, 0.15) is 55.7 Å². The first-order chi connectivity index (χ1) is 21.6. The zero-order valence-electron chi connectivity index (χ0n) is 25.7. The number of hydrogen-bond acceptors (Lipinski definition) is 4. The van der Waals surface area contributed by atoms with Gasteiger partial charge in [0.25, 0.3) is 0 Å². The number of carbonyl (C=O) groups is 4. The Morgan fingerprint density at radius 3 is 2.13 bits per heavy atom. The fourth-order valence-corrected chi connectivity index (χ4v) is 6.33. The molecule has 1 fully saturated rings. The van der Waals surface area contributed by atoms with Crippen LogP contribution in [0.25, 0.3) is 0 Å². The van der Waals surface area contributed by atoms with E-state index in [9.17, 15) is 19.2 Å². The largest absolute Gasteiger partial charge is 0.368 e. The van der Waals surface area contributed by atoms with E-state index in [0.29, 0.717) is 29.3 Å². The van der Waals surface area contributed by atoms with Gasteiger partial charge in [-0.05, 0) is 55.0 Å². The minimum Gasteiger partial charge on any atom is -0.368 e. The van der Waals surface area contributed by atoms with Crippen molar-refractivity contribution < 1.29 is 19.2 Å². The first kappa shape index (κ1) is 34.0. The van der Waals surface area contributed by atoms with Crippen LogP contribution < -0.4 is 5.73 Å². The Labute approximate surface area is 275 Å². The molecule has 4 rings (SSSR count). The molecule has 10 heteroatoms. The van der Waals surface area contributed by atoms with E-state index in [4.69, 9.17) is 28.9 Å². The number of carbonyl (C=O) groups excluding carboxylic acids is 4. The van der Waals surface area contributed by atoms with Crippen molar-refractivity contribution in [3.63, 3.8) is 0 Å². The quantitative estimate of drug-likeness (QED) is 0.256. The molecular formula is C35H40Cl2N4O4. The lowest BCUT2D eigenvalue weighted by atomic mass is 9.88. The molecule has 0 bridgehead atoms. The highest BCUT2D eigenvalue weighted by Gasteiger charge is 2.41. The second kappa shape index (κ2) is 15.9. The maximum Gasteiger partial charge on any atom is 0.246 e. The lowest BCUT2D eigenvalue weighted by Crippen LogP contribution is -2.61. The normalized spacial score (nSPS) is 15.8. The molecule has 2 unspecified atom stereocenters. The summed E-state index contributed by atoms with van der Waals surface area (Å²) < 4.78 is 0. The summed E-state index contributed by atoms with van der Waals surface area (Å²) in [7, 11) is 0. The van der Waals surface area contributed by atoms with E-state index in [-0.39, 0.29) is 56.4 Å². The Morgan fingerprint density at radius 2 is 1.58 bits per heavy atom. The molecule has 1 aliphatic heterocycles. The molecule has 0 radical (unpaired) electrons. The van der Waals surface area contributed by atoms with Gasteiger partial charge in [-0.3, -0.25) is 19.2 Å². The minimum absolute atomic E-state index is 0.0248. The lowest BCUT2D eigenvalue weighted by molar-refractivity contribution is -0.158. The molecule has 0 spiro atoms. The van der Waals surface area contributed by atoms with Gasteiger partial charge in [0.15, 0.2) is 0 Å². The maximum absolute atomic E-state index is 14.1. The van der Waals surface area contributed by atoms with E-state index in [1.54, 1.807) is 23.1 Å². The molecule has 0 aliphatic carbocycles. The van der Waals surface area contributed by atoms with Gasteiger partial charge in [0, 0.05) is 35.1 Å². The Hall–Kier alpha value is -3.88. The van der Waals surface area contributed by atoms with Crippen LogP contribution in [-0.2, 0) is 25.6 Å². The molecule has 2 N–H and O–H groups in total. The van der Waals surface area contributed by atoms with E-state index in [1.165, 1.54) is 9.80 Å². The summed E-state index contributed by atoms with van der Waals surface area (Å²) in [6.45, 7) is 3.89. The first-order valence-electron chi connectivity index (χ1n) is 15.3. The molecule has 1 saturated heterocycles. The standard InChI is InChI=1S/C35H40Cl2N4O4/c1-3-24(2)41(22-32(38)42)33(43)21-31-35(45)39(18-16-27-14-15-28(36)20-30(27)37)23-34(44)40(31)19-17-29(25-10-6-4-7-11-25)26-12-8-5-9-13-26/h4-15,20,24,29,31H,3,16-19,21-23H2,1-2H3,(H2,38,42). The molecular weight excluding hydrogens is 611 g/mol. The zero-order chi connectivity index (χ0) is 32.5. The molecule has 1 heterocycles. The number of primary amides is 1. The molecule has 8 nitrogen and oxygen atoms in total. The summed E-state index contributed by atoms with van der Waals surface area (Å²) in [6, 6.07) is 23.9. The Kier molecular flexibility index (Phi) is 12.0. The summed E-state index contributed by atoms with van der Waals surface area (Å²) in [4.78, 5) is 57.8. The molecule has 45 heavy (non-hydrogen) atoms. The van der Waals surface area contributed by atoms with Gasteiger partial charge >= 0.3 is 0 Å². The van der Waals surface area contributed by atoms with E-state index >= 15 is 0 Å². The highest BCUT2D eigenvalue weighted by atomic mass is 35.5. The van der Waals surface area contributed by atoms with Crippen LogP contribution in [0, 0.1) is 0 Å². The fraction of sp³-hybridized carbons (Fsp3) is 0.371. The summed E-state index contributed by atoms with van der Waals surface area (Å²) in [6.07, 6.45) is 1.32. The molecule has 4 amide bonds. The Balaban J connectivity index is 1.60. The van der Waals surface area contributed by atoms with Crippen LogP contribution in [0.3, 0.4) is 0 Å². The second-order valence-electron chi connectivity index (χ2n) is 11.5. The van der Waals surface area contributed by atoms with Gasteiger partial charge < -0.3 is 20.4 Å². The van der Waals surface area contributed by atoms with Crippen LogP contribution in [0.4, 0.5) is 0 Å². The molecule has 0 aromatic heterocycles. The third-order valence-corrected chi connectivity index (χ3v) is 9.07. The van der Waals surface area contributed by atoms with E-state index in [2.05, 4.69) is 24.3 Å². The summed E-state index contributed by atoms with van der Waals surface area (Å²) >= 11 is 12.4. The van der Waals surface area contributed by atoms with Gasteiger partial charge in [-0.15, -0.1) is 0 Å². The van der Waals surface area contributed by atoms with Gasteiger partial charge in [-0.25, -0.2) is 0 Å². The van der Waals surface area contributed by atoms with Gasteiger partial charge in [-0.2, -0.15) is 0 Å². The number of benzene rings is 3. The predicted octanol–water partition coefficient (Wildman–Crippen LogP) is 5.30. The Bertz CT molecular complexity index is 1450. The molecule has 0 saturated carbocycles. The predicted molar refractivity (Wildman–Crippen MR) is 177 cm³/mol. The fourth-order valence-electron chi connectivity index (χ4n) is 5.82. The van der Waals surface area contributed by atoms with Crippen LogP contribution in [-0.4, -0.2) is 76.6 Å². The highest BCUT2D eigenvalue weighted by Crippen LogP contribution is 2.30. The number of halogens is 2. The highest BCUT2D eigenvalue weighted by molar-refractivity contribution is 6.35. The van der Waals surface area contributed by atoms with Crippen molar-refractivity contribution in [1.82, 2.24) is 14.7 Å². The molecule has 2 atom stereocenters. The van der Waals surface area contributed by atoms with Crippen LogP contribution in [0.5, 0.6) is 0 Å². The molecule has 1 aliphatic rings. The number of nitrogens with zero attached hydrogens (tertiary/aromatic N) is 3. The average Bonchev–Trinajstić information content (AvgIpc) is 3.03. The molecule has 3 aromatic rings. The number of rotatable bonds is 14. The second-order valence-corrected chi connectivity index (χ2v) is 12.3. The topological polar surface area (TPSA) is 104 Å². The van der Waals surface area contributed by atoms with Crippen LogP contribution >= 0.6 is 23.2 Å². The summed E-state index contributed by atoms with van der Waals surface area (Å²) in [5.41, 5.74) is 8.46. The van der Waals surface area contributed by atoms with Crippen LogP contribution in [0.15, 0.2) is 78.9 Å². The lowest BCUT2D eigenvalue weighted by Gasteiger charge is -2.41. The number of hydrogen-bond donors (Lipinski definition) is 1. The molecule has 3 aromatic carbocycles. The van der Waals surface area contributed by atoms with Crippen molar-refractivity contribution in [2.45, 2.75) is 57.5 Å². The van der Waals surface area contributed by atoms with Crippen molar-refractivity contribution in [3.05, 3.63) is 106 Å². The summed E-state index contributed by atoms with van der Waals surface area (Å²) in [5.74, 6) is -1.61. The average molecular weight is 652 g/mol. The minimum atomic E-state index is -1.02. The van der Waals surface area contributed by atoms with E-state index in [1.807, 2.05) is 50.2 Å². The Morgan fingerprint density at radius 1 is 0.956 bits per heavy atom. The van der Waals surface area contributed by atoms with Gasteiger partial charge in [0.2, 0.25) is 23.6 Å². The number of amides is 4.